The maximum atomic E-state index is 6.19. The van der Waals surface area contributed by atoms with Crippen LogP contribution in [-0.4, -0.2) is 0 Å². The van der Waals surface area contributed by atoms with E-state index in [9.17, 15) is 0 Å². The van der Waals surface area contributed by atoms with Crippen LogP contribution in [-0.2, 0) is 5.54 Å². The SMILES string of the molecule is CC1=[C]C=CCC1c1ccc(C2(N)CC2)cc1. The highest BCUT2D eigenvalue weighted by Crippen LogP contribution is 2.43. The Morgan fingerprint density at radius 1 is 1.24 bits per heavy atom. The number of allylic oxidation sites excluding steroid dienone is 4. The van der Waals surface area contributed by atoms with Gasteiger partial charge in [-0.05, 0) is 43.4 Å². The van der Waals surface area contributed by atoms with Crippen LogP contribution in [0.25, 0.3) is 0 Å². The highest BCUT2D eigenvalue weighted by Gasteiger charge is 2.39. The second-order valence-corrected chi connectivity index (χ2v) is 5.30. The van der Waals surface area contributed by atoms with Crippen LogP contribution in [0.2, 0.25) is 0 Å². The van der Waals surface area contributed by atoms with Crippen molar-refractivity contribution in [2.75, 3.05) is 0 Å². The van der Waals surface area contributed by atoms with Crippen LogP contribution >= 0.6 is 0 Å². The smallest absolute Gasteiger partial charge is 0.0411 e. The van der Waals surface area contributed by atoms with Crippen LogP contribution in [0.5, 0.6) is 0 Å². The molecule has 3 rings (SSSR count). The van der Waals surface area contributed by atoms with Gasteiger partial charge in [-0.1, -0.05) is 42.0 Å². The fourth-order valence-corrected chi connectivity index (χ4v) is 2.53. The molecule has 1 aromatic rings. The summed E-state index contributed by atoms with van der Waals surface area (Å²) < 4.78 is 0. The summed E-state index contributed by atoms with van der Waals surface area (Å²) >= 11 is 0. The minimum atomic E-state index is -0.0119. The molecule has 2 N–H and O–H groups in total. The predicted molar refractivity (Wildman–Crippen MR) is 70.5 cm³/mol. The van der Waals surface area contributed by atoms with Gasteiger partial charge in [0.25, 0.3) is 0 Å². The van der Waals surface area contributed by atoms with E-state index in [1.54, 1.807) is 0 Å². The zero-order valence-electron chi connectivity index (χ0n) is 10.2. The zero-order chi connectivity index (χ0) is 11.9. The maximum absolute atomic E-state index is 6.19. The quantitative estimate of drug-likeness (QED) is 0.818. The first kappa shape index (κ1) is 10.8. The van der Waals surface area contributed by atoms with Gasteiger partial charge in [0.05, 0.1) is 0 Å². The van der Waals surface area contributed by atoms with Gasteiger partial charge >= 0.3 is 0 Å². The Bertz CT molecular complexity index is 475. The molecule has 0 heterocycles. The summed E-state index contributed by atoms with van der Waals surface area (Å²) in [5.74, 6) is 0.502. The maximum Gasteiger partial charge on any atom is 0.0411 e. The molecule has 2 aliphatic carbocycles. The third-order valence-corrected chi connectivity index (χ3v) is 4.00. The Kier molecular flexibility index (Phi) is 2.44. The molecule has 0 aromatic heterocycles. The minimum Gasteiger partial charge on any atom is -0.321 e. The molecule has 2 aliphatic rings. The molecule has 1 nitrogen and oxygen atoms in total. The lowest BCUT2D eigenvalue weighted by Crippen LogP contribution is -2.18. The monoisotopic (exact) mass is 224 g/mol. The van der Waals surface area contributed by atoms with E-state index >= 15 is 0 Å². The molecule has 1 radical (unpaired) electrons. The summed E-state index contributed by atoms with van der Waals surface area (Å²) in [5, 5.41) is 0. The molecule has 1 fully saturated rings. The minimum absolute atomic E-state index is 0.0119. The lowest BCUT2D eigenvalue weighted by molar-refractivity contribution is 0.735. The van der Waals surface area contributed by atoms with E-state index in [4.69, 9.17) is 5.73 Å². The molecule has 1 saturated carbocycles. The van der Waals surface area contributed by atoms with E-state index in [2.05, 4.69) is 43.3 Å². The van der Waals surface area contributed by atoms with E-state index in [0.717, 1.165) is 19.3 Å². The Morgan fingerprint density at radius 2 is 1.94 bits per heavy atom. The van der Waals surface area contributed by atoms with Gasteiger partial charge in [0, 0.05) is 11.5 Å². The first-order chi connectivity index (χ1) is 8.19. The molecule has 1 unspecified atom stereocenters. The molecule has 0 aliphatic heterocycles. The molecule has 1 aromatic carbocycles. The fourth-order valence-electron chi connectivity index (χ4n) is 2.53. The van der Waals surface area contributed by atoms with Crippen molar-refractivity contribution in [1.29, 1.82) is 0 Å². The molecule has 0 amide bonds. The van der Waals surface area contributed by atoms with Crippen molar-refractivity contribution in [3.63, 3.8) is 0 Å². The number of nitrogens with two attached hydrogens (primary N) is 1. The van der Waals surface area contributed by atoms with Gasteiger partial charge in [-0.3, -0.25) is 0 Å². The summed E-state index contributed by atoms with van der Waals surface area (Å²) in [6.07, 6.45) is 10.9. The normalized spacial score (nSPS) is 25.5. The van der Waals surface area contributed by atoms with Crippen LogP contribution < -0.4 is 5.73 Å². The highest BCUT2D eigenvalue weighted by atomic mass is 14.8. The second-order valence-electron chi connectivity index (χ2n) is 5.30. The van der Waals surface area contributed by atoms with E-state index < -0.39 is 0 Å². The van der Waals surface area contributed by atoms with Gasteiger partial charge in [-0.15, -0.1) is 0 Å². The lowest BCUT2D eigenvalue weighted by atomic mass is 9.85. The van der Waals surface area contributed by atoms with Crippen LogP contribution in [0.1, 0.15) is 43.2 Å². The predicted octanol–water partition coefficient (Wildman–Crippen LogP) is 3.43. The molecule has 87 valence electrons. The van der Waals surface area contributed by atoms with Crippen LogP contribution in [0.3, 0.4) is 0 Å². The molecular formula is C16H18N. The van der Waals surface area contributed by atoms with Gasteiger partial charge in [-0.2, -0.15) is 0 Å². The summed E-state index contributed by atoms with van der Waals surface area (Å²) in [4.78, 5) is 0. The first-order valence-corrected chi connectivity index (χ1v) is 6.33. The highest BCUT2D eigenvalue weighted by molar-refractivity contribution is 5.37. The molecule has 0 bridgehead atoms. The van der Waals surface area contributed by atoms with Crippen LogP contribution in [0.15, 0.2) is 42.0 Å². The standard InChI is InChI=1S/C16H18N/c1-12-4-2-3-5-15(12)13-6-8-14(9-7-13)16(17)10-11-16/h2-3,6-9,15H,5,10-11,17H2,1H3. The molecule has 17 heavy (non-hydrogen) atoms. The topological polar surface area (TPSA) is 26.0 Å². The third kappa shape index (κ3) is 1.96. The molecule has 1 atom stereocenters. The van der Waals surface area contributed by atoms with Crippen molar-refractivity contribution in [2.45, 2.75) is 37.6 Å². The van der Waals surface area contributed by atoms with Crippen molar-refractivity contribution in [2.24, 2.45) is 5.73 Å². The summed E-state index contributed by atoms with van der Waals surface area (Å²) in [7, 11) is 0. The Balaban J connectivity index is 1.85. The average molecular weight is 224 g/mol. The molecule has 0 saturated heterocycles. The summed E-state index contributed by atoms with van der Waals surface area (Å²) in [5.41, 5.74) is 10.2. The lowest BCUT2D eigenvalue weighted by Gasteiger charge is -2.19. The van der Waals surface area contributed by atoms with E-state index in [-0.39, 0.29) is 5.54 Å². The number of hydrogen-bond donors (Lipinski definition) is 1. The van der Waals surface area contributed by atoms with Crippen molar-refractivity contribution in [3.8, 4) is 0 Å². The molecular weight excluding hydrogens is 206 g/mol. The largest absolute Gasteiger partial charge is 0.321 e. The number of hydrogen-bond acceptors (Lipinski definition) is 1. The van der Waals surface area contributed by atoms with Gasteiger partial charge < -0.3 is 5.73 Å². The Morgan fingerprint density at radius 3 is 2.53 bits per heavy atom. The third-order valence-electron chi connectivity index (χ3n) is 4.00. The van der Waals surface area contributed by atoms with Gasteiger partial charge in [0.1, 0.15) is 0 Å². The molecule has 0 spiro atoms. The van der Waals surface area contributed by atoms with Gasteiger partial charge in [0.2, 0.25) is 0 Å². The Hall–Kier alpha value is -1.34. The zero-order valence-corrected chi connectivity index (χ0v) is 10.2. The second kappa shape index (κ2) is 3.85. The van der Waals surface area contributed by atoms with Crippen LogP contribution in [0.4, 0.5) is 0 Å². The van der Waals surface area contributed by atoms with E-state index in [1.807, 2.05) is 6.08 Å². The van der Waals surface area contributed by atoms with E-state index in [1.165, 1.54) is 16.7 Å². The number of benzene rings is 1. The Labute approximate surface area is 103 Å². The summed E-state index contributed by atoms with van der Waals surface area (Å²) in [6, 6.07) is 8.87. The first-order valence-electron chi connectivity index (χ1n) is 6.33. The van der Waals surface area contributed by atoms with Crippen molar-refractivity contribution in [3.05, 3.63) is 59.2 Å². The van der Waals surface area contributed by atoms with Crippen molar-refractivity contribution in [1.82, 2.24) is 0 Å². The number of rotatable bonds is 2. The van der Waals surface area contributed by atoms with E-state index in [0.29, 0.717) is 5.92 Å². The average Bonchev–Trinajstić information content (AvgIpc) is 3.10. The van der Waals surface area contributed by atoms with Crippen molar-refractivity contribution >= 4 is 0 Å². The van der Waals surface area contributed by atoms with Gasteiger partial charge in [-0.25, -0.2) is 0 Å². The molecule has 1 heteroatoms. The van der Waals surface area contributed by atoms with Crippen LogP contribution in [0, 0.1) is 6.08 Å². The van der Waals surface area contributed by atoms with Gasteiger partial charge in [0.15, 0.2) is 0 Å². The fraction of sp³-hybridized carbons (Fsp3) is 0.375. The van der Waals surface area contributed by atoms with Crippen molar-refractivity contribution < 1.29 is 0 Å². The summed E-state index contributed by atoms with van der Waals surface area (Å²) in [6.45, 7) is 2.16.